The predicted molar refractivity (Wildman–Crippen MR) is 122 cm³/mol. The van der Waals surface area contributed by atoms with E-state index in [-0.39, 0.29) is 35.0 Å². The van der Waals surface area contributed by atoms with E-state index in [1.165, 1.54) is 23.5 Å². The largest absolute Gasteiger partial charge is 0.462 e. The second kappa shape index (κ2) is 10.5. The van der Waals surface area contributed by atoms with Crippen LogP contribution in [0.2, 0.25) is 0 Å². The van der Waals surface area contributed by atoms with Crippen molar-refractivity contribution in [2.75, 3.05) is 17.7 Å². The summed E-state index contributed by atoms with van der Waals surface area (Å²) in [5.74, 6) is -1.72. The van der Waals surface area contributed by atoms with Gasteiger partial charge < -0.3 is 10.1 Å². The quantitative estimate of drug-likeness (QED) is 0.350. The molecule has 1 N–H and O–H groups in total. The summed E-state index contributed by atoms with van der Waals surface area (Å²) in [4.78, 5) is 25.9. The first-order valence-electron chi connectivity index (χ1n) is 9.94. The van der Waals surface area contributed by atoms with Crippen LogP contribution in [0.3, 0.4) is 0 Å². The fraction of sp³-hybridized carbons (Fsp3) is 0.217. The third-order valence-corrected chi connectivity index (χ3v) is 7.50. The van der Waals surface area contributed by atoms with Crippen molar-refractivity contribution in [3.63, 3.8) is 0 Å². The highest BCUT2D eigenvalue weighted by Gasteiger charge is 2.21. The molecule has 0 radical (unpaired) electrons. The molecule has 1 heterocycles. The van der Waals surface area contributed by atoms with Crippen LogP contribution in [-0.4, -0.2) is 32.7 Å². The van der Waals surface area contributed by atoms with Crippen molar-refractivity contribution in [1.82, 2.24) is 0 Å². The Balaban J connectivity index is 1.67. The number of thiophene rings is 1. The van der Waals surface area contributed by atoms with Crippen LogP contribution >= 0.6 is 11.3 Å². The monoisotopic (exact) mass is 475 g/mol. The summed E-state index contributed by atoms with van der Waals surface area (Å²) in [5, 5.41) is 2.70. The van der Waals surface area contributed by atoms with E-state index >= 15 is 0 Å². The van der Waals surface area contributed by atoms with Crippen LogP contribution in [0.4, 0.5) is 10.1 Å². The standard InChI is InChI=1S/C23H22FNO5S2/c1-2-30-23(27)22-19(15-20(31-22)16-7-4-3-5-8-16)25-21(26)9-6-14-32(28,29)18-12-10-17(24)11-13-18/h3-5,7-8,10-13,15H,2,6,9,14H2,1H3,(H,25,26). The molecule has 9 heteroatoms. The highest BCUT2D eigenvalue weighted by Crippen LogP contribution is 2.35. The smallest absolute Gasteiger partial charge is 0.350 e. The van der Waals surface area contributed by atoms with Gasteiger partial charge >= 0.3 is 5.97 Å². The molecule has 0 spiro atoms. The van der Waals surface area contributed by atoms with Gasteiger partial charge in [-0.05, 0) is 49.2 Å². The molecule has 168 valence electrons. The maximum absolute atomic E-state index is 13.0. The van der Waals surface area contributed by atoms with E-state index in [0.29, 0.717) is 5.69 Å². The van der Waals surface area contributed by atoms with Crippen molar-refractivity contribution >= 4 is 38.7 Å². The Kier molecular flexibility index (Phi) is 7.76. The summed E-state index contributed by atoms with van der Waals surface area (Å²) in [7, 11) is -3.63. The summed E-state index contributed by atoms with van der Waals surface area (Å²) >= 11 is 1.21. The molecule has 2 aromatic carbocycles. The number of halogens is 1. The first-order valence-corrected chi connectivity index (χ1v) is 12.4. The van der Waals surface area contributed by atoms with Crippen LogP contribution in [0, 0.1) is 5.82 Å². The molecule has 1 amide bonds. The number of anilines is 1. The summed E-state index contributed by atoms with van der Waals surface area (Å²) in [6.45, 7) is 1.90. The van der Waals surface area contributed by atoms with Gasteiger partial charge in [0.2, 0.25) is 5.91 Å². The topological polar surface area (TPSA) is 89.5 Å². The minimum Gasteiger partial charge on any atom is -0.462 e. The second-order valence-corrected chi connectivity index (χ2v) is 10.0. The Labute approximate surface area is 190 Å². The number of rotatable bonds is 9. The Morgan fingerprint density at radius 2 is 1.75 bits per heavy atom. The van der Waals surface area contributed by atoms with Crippen LogP contribution in [0.25, 0.3) is 10.4 Å². The normalized spacial score (nSPS) is 11.2. The molecular formula is C23H22FNO5S2. The number of hydrogen-bond donors (Lipinski definition) is 1. The molecule has 1 aromatic heterocycles. The Hall–Kier alpha value is -3.04. The zero-order valence-corrected chi connectivity index (χ0v) is 19.0. The highest BCUT2D eigenvalue weighted by atomic mass is 32.2. The predicted octanol–water partition coefficient (Wildman–Crippen LogP) is 4.92. The summed E-state index contributed by atoms with van der Waals surface area (Å²) in [5.41, 5.74) is 1.23. The highest BCUT2D eigenvalue weighted by molar-refractivity contribution is 7.91. The Bertz CT molecular complexity index is 1190. The number of benzene rings is 2. The van der Waals surface area contributed by atoms with Crippen LogP contribution in [-0.2, 0) is 19.4 Å². The van der Waals surface area contributed by atoms with E-state index in [1.54, 1.807) is 13.0 Å². The average Bonchev–Trinajstić information content (AvgIpc) is 3.18. The van der Waals surface area contributed by atoms with Gasteiger partial charge in [-0.3, -0.25) is 4.79 Å². The third-order valence-electron chi connectivity index (χ3n) is 4.51. The number of carbonyl (C=O) groups excluding carboxylic acids is 2. The van der Waals surface area contributed by atoms with Crippen molar-refractivity contribution < 1.29 is 27.1 Å². The lowest BCUT2D eigenvalue weighted by molar-refractivity contribution is -0.116. The number of amides is 1. The number of hydrogen-bond acceptors (Lipinski definition) is 6. The molecule has 32 heavy (non-hydrogen) atoms. The molecule has 0 saturated heterocycles. The number of carbonyl (C=O) groups is 2. The van der Waals surface area contributed by atoms with Crippen LogP contribution in [0.5, 0.6) is 0 Å². The van der Waals surface area contributed by atoms with Gasteiger partial charge in [-0.15, -0.1) is 11.3 Å². The first kappa shape index (κ1) is 23.6. The minimum atomic E-state index is -3.63. The maximum Gasteiger partial charge on any atom is 0.350 e. The zero-order valence-electron chi connectivity index (χ0n) is 17.3. The van der Waals surface area contributed by atoms with Crippen molar-refractivity contribution in [3.05, 3.63) is 71.4 Å². The lowest BCUT2D eigenvalue weighted by atomic mass is 10.2. The number of nitrogens with one attached hydrogen (secondary N) is 1. The number of esters is 1. The van der Waals surface area contributed by atoms with Crippen molar-refractivity contribution in [2.24, 2.45) is 0 Å². The molecule has 0 bridgehead atoms. The third kappa shape index (κ3) is 6.02. The van der Waals surface area contributed by atoms with Crippen LogP contribution < -0.4 is 5.32 Å². The molecule has 0 aliphatic rings. The lowest BCUT2D eigenvalue weighted by Gasteiger charge is -2.07. The van der Waals surface area contributed by atoms with E-state index in [4.69, 9.17) is 4.74 Å². The molecule has 3 rings (SSSR count). The van der Waals surface area contributed by atoms with Gasteiger partial charge in [-0.25, -0.2) is 17.6 Å². The maximum atomic E-state index is 13.0. The fourth-order valence-electron chi connectivity index (χ4n) is 2.97. The molecule has 0 aliphatic heterocycles. The van der Waals surface area contributed by atoms with Crippen LogP contribution in [0.15, 0.2) is 65.6 Å². The van der Waals surface area contributed by atoms with Crippen molar-refractivity contribution in [3.8, 4) is 10.4 Å². The van der Waals surface area contributed by atoms with Crippen molar-refractivity contribution in [2.45, 2.75) is 24.7 Å². The number of ether oxygens (including phenoxy) is 1. The molecule has 0 saturated carbocycles. The average molecular weight is 476 g/mol. The van der Waals surface area contributed by atoms with E-state index < -0.39 is 27.5 Å². The molecule has 3 aromatic rings. The molecule has 0 unspecified atom stereocenters. The van der Waals surface area contributed by atoms with E-state index in [2.05, 4.69) is 5.32 Å². The lowest BCUT2D eigenvalue weighted by Crippen LogP contribution is -2.16. The van der Waals surface area contributed by atoms with Gasteiger partial charge in [-0.2, -0.15) is 0 Å². The van der Waals surface area contributed by atoms with Gasteiger partial charge in [0.05, 0.1) is 22.9 Å². The van der Waals surface area contributed by atoms with Gasteiger partial charge in [0.1, 0.15) is 10.7 Å². The first-order chi connectivity index (χ1) is 15.3. The number of sulfone groups is 1. The van der Waals surface area contributed by atoms with Gasteiger partial charge in [0.15, 0.2) is 9.84 Å². The van der Waals surface area contributed by atoms with Gasteiger partial charge in [0, 0.05) is 11.3 Å². The summed E-state index contributed by atoms with van der Waals surface area (Å²) in [6, 6.07) is 15.7. The molecule has 6 nitrogen and oxygen atoms in total. The molecule has 0 fully saturated rings. The van der Waals surface area contributed by atoms with Crippen LogP contribution in [0.1, 0.15) is 29.4 Å². The Morgan fingerprint density at radius 3 is 2.41 bits per heavy atom. The van der Waals surface area contributed by atoms with E-state index in [0.717, 1.165) is 22.6 Å². The summed E-state index contributed by atoms with van der Waals surface area (Å²) in [6.07, 6.45) is 0.0230. The zero-order chi connectivity index (χ0) is 23.1. The molecule has 0 atom stereocenters. The second-order valence-electron chi connectivity index (χ2n) is 6.86. The minimum absolute atomic E-state index is 0.00856. The summed E-state index contributed by atoms with van der Waals surface area (Å²) < 4.78 is 42.8. The fourth-order valence-corrected chi connectivity index (χ4v) is 5.30. The molecular weight excluding hydrogens is 453 g/mol. The van der Waals surface area contributed by atoms with Crippen molar-refractivity contribution in [1.29, 1.82) is 0 Å². The Morgan fingerprint density at radius 1 is 1.06 bits per heavy atom. The van der Waals surface area contributed by atoms with E-state index in [1.807, 2.05) is 30.3 Å². The SMILES string of the molecule is CCOC(=O)c1sc(-c2ccccc2)cc1NC(=O)CCCS(=O)(=O)c1ccc(F)cc1. The van der Waals surface area contributed by atoms with Gasteiger partial charge in [0.25, 0.3) is 0 Å². The molecule has 0 aliphatic carbocycles. The van der Waals surface area contributed by atoms with E-state index in [9.17, 15) is 22.4 Å². The van der Waals surface area contributed by atoms with Gasteiger partial charge in [-0.1, -0.05) is 30.3 Å².